The third-order valence-corrected chi connectivity index (χ3v) is 3.90. The van der Waals surface area contributed by atoms with Gasteiger partial charge in [0.15, 0.2) is 0 Å². The fourth-order valence-corrected chi connectivity index (χ4v) is 2.44. The van der Waals surface area contributed by atoms with Crippen molar-refractivity contribution in [3.05, 3.63) is 42.1 Å². The van der Waals surface area contributed by atoms with Crippen molar-refractivity contribution in [2.75, 3.05) is 0 Å². The Morgan fingerprint density at radius 1 is 1.16 bits per heavy atom. The average molecular weight is 271 g/mol. The summed E-state index contributed by atoms with van der Waals surface area (Å²) >= 11 is 1.64. The standard InChI is InChI=1S/C15H17N3S/c1-11(2)17-19-14-7-4-12(5-8-14)15-9-6-13(10-16)18(15)3/h4-9,11,17H,1-3H3. The molecule has 0 atom stereocenters. The summed E-state index contributed by atoms with van der Waals surface area (Å²) in [6.45, 7) is 4.24. The van der Waals surface area contributed by atoms with E-state index in [-0.39, 0.29) is 0 Å². The zero-order valence-corrected chi connectivity index (χ0v) is 12.2. The highest BCUT2D eigenvalue weighted by molar-refractivity contribution is 7.97. The van der Waals surface area contributed by atoms with Crippen molar-refractivity contribution in [1.82, 2.24) is 9.29 Å². The van der Waals surface area contributed by atoms with Crippen LogP contribution in [0, 0.1) is 11.3 Å². The number of nitriles is 1. The lowest BCUT2D eigenvalue weighted by molar-refractivity contribution is 0.771. The van der Waals surface area contributed by atoms with E-state index in [4.69, 9.17) is 5.26 Å². The molecule has 0 amide bonds. The molecule has 3 nitrogen and oxygen atoms in total. The Morgan fingerprint density at radius 3 is 2.37 bits per heavy atom. The lowest BCUT2D eigenvalue weighted by Crippen LogP contribution is -2.13. The lowest BCUT2D eigenvalue weighted by Gasteiger charge is -2.08. The summed E-state index contributed by atoms with van der Waals surface area (Å²) in [7, 11) is 1.91. The van der Waals surface area contributed by atoms with Gasteiger partial charge in [-0.15, -0.1) is 0 Å². The molecule has 1 aromatic carbocycles. The molecule has 4 heteroatoms. The van der Waals surface area contributed by atoms with Crippen molar-refractivity contribution in [1.29, 1.82) is 5.26 Å². The smallest absolute Gasteiger partial charge is 0.120 e. The Kier molecular flexibility index (Phi) is 4.31. The number of hydrogen-bond donors (Lipinski definition) is 1. The molecule has 2 aromatic rings. The van der Waals surface area contributed by atoms with Gasteiger partial charge in [0.1, 0.15) is 11.8 Å². The molecule has 1 aromatic heterocycles. The van der Waals surface area contributed by atoms with E-state index in [1.54, 1.807) is 11.9 Å². The van der Waals surface area contributed by atoms with E-state index in [1.807, 2.05) is 23.7 Å². The van der Waals surface area contributed by atoms with Gasteiger partial charge in [-0.1, -0.05) is 12.1 Å². The Hall–Kier alpha value is -1.70. The molecule has 0 spiro atoms. The van der Waals surface area contributed by atoms with Crippen LogP contribution in [0.2, 0.25) is 0 Å². The average Bonchev–Trinajstić information content (AvgIpc) is 2.78. The van der Waals surface area contributed by atoms with Crippen LogP contribution in [0.4, 0.5) is 0 Å². The molecule has 0 radical (unpaired) electrons. The Labute approximate surface area is 118 Å². The van der Waals surface area contributed by atoms with Crippen LogP contribution < -0.4 is 4.72 Å². The van der Waals surface area contributed by atoms with E-state index < -0.39 is 0 Å². The van der Waals surface area contributed by atoms with E-state index in [1.165, 1.54) is 4.90 Å². The van der Waals surface area contributed by atoms with Crippen molar-refractivity contribution in [3.63, 3.8) is 0 Å². The van der Waals surface area contributed by atoms with Crippen molar-refractivity contribution in [3.8, 4) is 17.3 Å². The minimum atomic E-state index is 0.454. The highest BCUT2D eigenvalue weighted by Crippen LogP contribution is 2.24. The van der Waals surface area contributed by atoms with Crippen molar-refractivity contribution >= 4 is 11.9 Å². The zero-order chi connectivity index (χ0) is 13.8. The molecular formula is C15H17N3S. The van der Waals surface area contributed by atoms with E-state index in [9.17, 15) is 0 Å². The van der Waals surface area contributed by atoms with Gasteiger partial charge in [-0.05, 0) is 55.6 Å². The number of nitrogens with one attached hydrogen (secondary N) is 1. The van der Waals surface area contributed by atoms with Crippen LogP contribution in [0.25, 0.3) is 11.3 Å². The lowest BCUT2D eigenvalue weighted by atomic mass is 10.1. The molecule has 98 valence electrons. The van der Waals surface area contributed by atoms with Crippen molar-refractivity contribution in [2.45, 2.75) is 24.8 Å². The number of rotatable bonds is 4. The second kappa shape index (κ2) is 5.96. The molecule has 1 heterocycles. The third kappa shape index (κ3) is 3.19. The summed E-state index contributed by atoms with van der Waals surface area (Å²) in [6.07, 6.45) is 0. The molecule has 0 unspecified atom stereocenters. The van der Waals surface area contributed by atoms with Gasteiger partial charge in [0.2, 0.25) is 0 Å². The predicted molar refractivity (Wildman–Crippen MR) is 79.7 cm³/mol. The second-order valence-corrected chi connectivity index (χ2v) is 5.58. The fourth-order valence-electron chi connectivity index (χ4n) is 1.79. The largest absolute Gasteiger partial charge is 0.335 e. The van der Waals surface area contributed by atoms with Crippen LogP contribution in [0.15, 0.2) is 41.3 Å². The third-order valence-electron chi connectivity index (χ3n) is 2.80. The van der Waals surface area contributed by atoms with Crippen LogP contribution in [0.1, 0.15) is 19.5 Å². The molecule has 0 aliphatic heterocycles. The maximum atomic E-state index is 8.96. The van der Waals surface area contributed by atoms with Gasteiger partial charge in [0.05, 0.1) is 0 Å². The highest BCUT2D eigenvalue weighted by Gasteiger charge is 2.06. The quantitative estimate of drug-likeness (QED) is 0.864. The topological polar surface area (TPSA) is 40.8 Å². The zero-order valence-electron chi connectivity index (χ0n) is 11.3. The van der Waals surface area contributed by atoms with Gasteiger partial charge in [-0.25, -0.2) is 0 Å². The van der Waals surface area contributed by atoms with E-state index in [2.05, 4.69) is 48.9 Å². The molecule has 0 saturated carbocycles. The van der Waals surface area contributed by atoms with Crippen LogP contribution in [0.3, 0.4) is 0 Å². The minimum absolute atomic E-state index is 0.454. The molecule has 1 N–H and O–H groups in total. The highest BCUT2D eigenvalue weighted by atomic mass is 32.2. The summed E-state index contributed by atoms with van der Waals surface area (Å²) in [5.41, 5.74) is 2.86. The van der Waals surface area contributed by atoms with Gasteiger partial charge >= 0.3 is 0 Å². The summed E-state index contributed by atoms with van der Waals surface area (Å²) in [6, 6.07) is 14.8. The fraction of sp³-hybridized carbons (Fsp3) is 0.267. The monoisotopic (exact) mass is 271 g/mol. The Bertz CT molecular complexity index is 591. The van der Waals surface area contributed by atoms with E-state index in [0.29, 0.717) is 11.7 Å². The first-order valence-corrected chi connectivity index (χ1v) is 7.02. The maximum absolute atomic E-state index is 8.96. The van der Waals surface area contributed by atoms with Crippen LogP contribution in [-0.4, -0.2) is 10.6 Å². The summed E-state index contributed by atoms with van der Waals surface area (Å²) in [4.78, 5) is 1.19. The SMILES string of the molecule is CC(C)NSc1ccc(-c2ccc(C#N)n2C)cc1. The van der Waals surface area contributed by atoms with Crippen LogP contribution >= 0.6 is 11.9 Å². The molecule has 0 bridgehead atoms. The molecule has 0 fully saturated rings. The minimum Gasteiger partial charge on any atom is -0.335 e. The number of aromatic nitrogens is 1. The maximum Gasteiger partial charge on any atom is 0.120 e. The van der Waals surface area contributed by atoms with Crippen LogP contribution in [-0.2, 0) is 7.05 Å². The number of hydrogen-bond acceptors (Lipinski definition) is 3. The van der Waals surface area contributed by atoms with Gasteiger partial charge in [0, 0.05) is 23.7 Å². The Morgan fingerprint density at radius 2 is 1.84 bits per heavy atom. The van der Waals surface area contributed by atoms with Gasteiger partial charge in [-0.3, -0.25) is 4.72 Å². The van der Waals surface area contributed by atoms with Crippen molar-refractivity contribution < 1.29 is 0 Å². The summed E-state index contributed by atoms with van der Waals surface area (Å²) in [5, 5.41) is 8.96. The first kappa shape index (κ1) is 13.7. The first-order valence-electron chi connectivity index (χ1n) is 6.20. The second-order valence-electron chi connectivity index (χ2n) is 4.67. The van der Waals surface area contributed by atoms with Gasteiger partial charge < -0.3 is 4.57 Å². The van der Waals surface area contributed by atoms with Gasteiger partial charge in [0.25, 0.3) is 0 Å². The van der Waals surface area contributed by atoms with Crippen LogP contribution in [0.5, 0.6) is 0 Å². The first-order chi connectivity index (χ1) is 9.11. The summed E-state index contributed by atoms with van der Waals surface area (Å²) < 4.78 is 5.23. The molecule has 0 saturated heterocycles. The van der Waals surface area contributed by atoms with E-state index in [0.717, 1.165) is 11.3 Å². The molecule has 2 rings (SSSR count). The molecular weight excluding hydrogens is 254 g/mol. The predicted octanol–water partition coefficient (Wildman–Crippen LogP) is 3.57. The number of nitrogens with zero attached hydrogens (tertiary/aromatic N) is 2. The molecule has 19 heavy (non-hydrogen) atoms. The normalized spacial score (nSPS) is 10.7. The Balaban J connectivity index is 2.18. The number of benzene rings is 1. The summed E-state index contributed by atoms with van der Waals surface area (Å²) in [5.74, 6) is 0. The van der Waals surface area contributed by atoms with E-state index >= 15 is 0 Å². The van der Waals surface area contributed by atoms with Gasteiger partial charge in [-0.2, -0.15) is 5.26 Å². The molecule has 0 aliphatic carbocycles. The molecule has 0 aliphatic rings. The van der Waals surface area contributed by atoms with Crippen molar-refractivity contribution in [2.24, 2.45) is 7.05 Å².